The molecule has 0 unspecified atom stereocenters. The maximum atomic E-state index is 12.3. The standard InChI is InChI=1S/C36H73O7P/c1-3-5-7-9-11-13-15-16-17-18-19-20-21-22-24-26-28-30-32-41-33-35(34-42-44(38,39)40)43-36(37)31-29-27-25-23-14-12-10-8-6-4-2/h35H,3-34H2,1-2H3,(H2,38,39,40)/t35-/m1/s1. The smallest absolute Gasteiger partial charge is 0.457 e. The first-order chi connectivity index (χ1) is 21.4. The average Bonchev–Trinajstić information content (AvgIpc) is 2.99. The maximum absolute atomic E-state index is 12.3. The van der Waals surface area contributed by atoms with Crippen molar-refractivity contribution in [2.45, 2.75) is 206 Å². The first kappa shape index (κ1) is 43.5. The Morgan fingerprint density at radius 1 is 0.523 bits per heavy atom. The van der Waals surface area contributed by atoms with Crippen molar-refractivity contribution in [2.75, 3.05) is 19.8 Å². The van der Waals surface area contributed by atoms with Crippen molar-refractivity contribution in [1.82, 2.24) is 0 Å². The fourth-order valence-electron chi connectivity index (χ4n) is 5.62. The van der Waals surface area contributed by atoms with Crippen LogP contribution >= 0.6 is 7.82 Å². The zero-order chi connectivity index (χ0) is 32.4. The first-order valence-corrected chi connectivity index (χ1v) is 20.4. The van der Waals surface area contributed by atoms with Crippen molar-refractivity contribution >= 4 is 13.8 Å². The Morgan fingerprint density at radius 2 is 0.864 bits per heavy atom. The number of carbonyl (C=O) groups excluding carboxylic acids is 1. The summed E-state index contributed by atoms with van der Waals surface area (Å²) < 4.78 is 26.9. The van der Waals surface area contributed by atoms with E-state index in [1.165, 1.54) is 148 Å². The highest BCUT2D eigenvalue weighted by Gasteiger charge is 2.21. The monoisotopic (exact) mass is 649 g/mol. The Bertz CT molecular complexity index is 640. The van der Waals surface area contributed by atoms with Gasteiger partial charge in [0.05, 0.1) is 13.2 Å². The van der Waals surface area contributed by atoms with Crippen LogP contribution in [0.4, 0.5) is 0 Å². The number of phosphoric acid groups is 1. The van der Waals surface area contributed by atoms with Crippen molar-refractivity contribution in [3.8, 4) is 0 Å². The van der Waals surface area contributed by atoms with Gasteiger partial charge in [0.25, 0.3) is 0 Å². The third-order valence-corrected chi connectivity index (χ3v) is 8.89. The largest absolute Gasteiger partial charge is 0.469 e. The third kappa shape index (κ3) is 36.0. The molecule has 0 saturated carbocycles. The van der Waals surface area contributed by atoms with E-state index in [9.17, 15) is 9.36 Å². The molecule has 0 aliphatic heterocycles. The van der Waals surface area contributed by atoms with Gasteiger partial charge in [0.2, 0.25) is 0 Å². The molecular weight excluding hydrogens is 575 g/mol. The van der Waals surface area contributed by atoms with E-state index in [2.05, 4.69) is 18.4 Å². The zero-order valence-corrected chi connectivity index (χ0v) is 30.0. The number of esters is 1. The van der Waals surface area contributed by atoms with Gasteiger partial charge in [-0.3, -0.25) is 9.32 Å². The summed E-state index contributed by atoms with van der Waals surface area (Å²) in [4.78, 5) is 30.4. The Morgan fingerprint density at radius 3 is 1.23 bits per heavy atom. The van der Waals surface area contributed by atoms with E-state index >= 15 is 0 Å². The average molecular weight is 649 g/mol. The maximum Gasteiger partial charge on any atom is 0.469 e. The van der Waals surface area contributed by atoms with E-state index in [-0.39, 0.29) is 19.2 Å². The van der Waals surface area contributed by atoms with E-state index in [4.69, 9.17) is 19.3 Å². The van der Waals surface area contributed by atoms with Crippen molar-refractivity contribution < 1.29 is 33.1 Å². The second-order valence-corrected chi connectivity index (χ2v) is 14.2. The van der Waals surface area contributed by atoms with Gasteiger partial charge < -0.3 is 19.3 Å². The van der Waals surface area contributed by atoms with Gasteiger partial charge in [-0.2, -0.15) is 0 Å². The minimum atomic E-state index is -4.64. The van der Waals surface area contributed by atoms with Gasteiger partial charge >= 0.3 is 13.8 Å². The summed E-state index contributed by atoms with van der Waals surface area (Å²) in [5, 5.41) is 0. The van der Waals surface area contributed by atoms with Gasteiger partial charge in [-0.05, 0) is 12.8 Å². The highest BCUT2D eigenvalue weighted by atomic mass is 31.2. The van der Waals surface area contributed by atoms with Crippen LogP contribution in [0.5, 0.6) is 0 Å². The molecule has 0 fully saturated rings. The molecule has 0 aromatic rings. The lowest BCUT2D eigenvalue weighted by Crippen LogP contribution is -2.28. The predicted molar refractivity (Wildman–Crippen MR) is 184 cm³/mol. The minimum Gasteiger partial charge on any atom is -0.457 e. The molecule has 7 nitrogen and oxygen atoms in total. The Kier molecular flexibility index (Phi) is 33.5. The molecule has 264 valence electrons. The number of rotatable bonds is 36. The van der Waals surface area contributed by atoms with Crippen LogP contribution in [0.3, 0.4) is 0 Å². The predicted octanol–water partition coefficient (Wildman–Crippen LogP) is 11.4. The number of carbonyl (C=O) groups is 1. The van der Waals surface area contributed by atoms with Crippen molar-refractivity contribution in [2.24, 2.45) is 0 Å². The van der Waals surface area contributed by atoms with Crippen molar-refractivity contribution in [3.63, 3.8) is 0 Å². The van der Waals surface area contributed by atoms with Gasteiger partial charge in [-0.1, -0.05) is 181 Å². The van der Waals surface area contributed by atoms with E-state index in [0.29, 0.717) is 13.0 Å². The molecule has 0 heterocycles. The summed E-state index contributed by atoms with van der Waals surface area (Å²) >= 11 is 0. The molecule has 0 saturated heterocycles. The molecule has 0 bridgehead atoms. The summed E-state index contributed by atoms with van der Waals surface area (Å²) in [6, 6.07) is 0. The summed E-state index contributed by atoms with van der Waals surface area (Å²) in [5.41, 5.74) is 0. The molecule has 0 aromatic heterocycles. The fourth-order valence-corrected chi connectivity index (χ4v) is 5.98. The first-order valence-electron chi connectivity index (χ1n) is 18.9. The Labute approximate surface area is 272 Å². The van der Waals surface area contributed by atoms with Gasteiger partial charge in [0.1, 0.15) is 6.10 Å². The summed E-state index contributed by atoms with van der Waals surface area (Å²) in [5.74, 6) is -0.361. The number of unbranched alkanes of at least 4 members (excludes halogenated alkanes) is 26. The number of ether oxygens (including phenoxy) is 2. The second-order valence-electron chi connectivity index (χ2n) is 12.9. The second kappa shape index (κ2) is 33.9. The molecule has 44 heavy (non-hydrogen) atoms. The molecule has 0 aromatic carbocycles. The summed E-state index contributed by atoms with van der Waals surface area (Å²) in [6.45, 7) is 4.77. The van der Waals surface area contributed by atoms with E-state index in [1.807, 2.05) is 0 Å². The zero-order valence-electron chi connectivity index (χ0n) is 29.1. The highest BCUT2D eigenvalue weighted by Crippen LogP contribution is 2.36. The minimum absolute atomic E-state index is 0.0860. The van der Waals surface area contributed by atoms with E-state index in [0.717, 1.165) is 32.1 Å². The van der Waals surface area contributed by atoms with Gasteiger partial charge in [-0.15, -0.1) is 0 Å². The number of hydrogen-bond acceptors (Lipinski definition) is 5. The third-order valence-electron chi connectivity index (χ3n) is 8.41. The van der Waals surface area contributed by atoms with Gasteiger partial charge in [0.15, 0.2) is 0 Å². The molecule has 0 spiro atoms. The lowest BCUT2D eigenvalue weighted by atomic mass is 10.0. The van der Waals surface area contributed by atoms with Crippen molar-refractivity contribution in [3.05, 3.63) is 0 Å². The lowest BCUT2D eigenvalue weighted by molar-refractivity contribution is -0.154. The van der Waals surface area contributed by atoms with Gasteiger partial charge in [0, 0.05) is 13.0 Å². The molecule has 1 atom stereocenters. The molecular formula is C36H73O7P. The molecule has 0 radical (unpaired) electrons. The van der Waals surface area contributed by atoms with E-state index in [1.54, 1.807) is 0 Å². The van der Waals surface area contributed by atoms with E-state index < -0.39 is 13.9 Å². The molecule has 0 amide bonds. The quantitative estimate of drug-likeness (QED) is 0.0396. The SMILES string of the molecule is CCCCCCCCCCCCCCCCCCCCOC[C@H](COP(=O)(O)O)OC(=O)CCCCCCCCCCCC. The number of phosphoric ester groups is 1. The molecule has 0 rings (SSSR count). The van der Waals surface area contributed by atoms with Crippen LogP contribution in [-0.2, 0) is 23.4 Å². The lowest BCUT2D eigenvalue weighted by Gasteiger charge is -2.18. The summed E-state index contributed by atoms with van der Waals surface area (Å²) in [6.07, 6.45) is 35.3. The molecule has 0 aliphatic carbocycles. The fraction of sp³-hybridized carbons (Fsp3) is 0.972. The van der Waals surface area contributed by atoms with Crippen molar-refractivity contribution in [1.29, 1.82) is 0 Å². The Balaban J connectivity index is 3.73. The van der Waals surface area contributed by atoms with Crippen LogP contribution in [0.15, 0.2) is 0 Å². The Hall–Kier alpha value is -0.460. The normalized spacial score (nSPS) is 12.5. The van der Waals surface area contributed by atoms with Crippen LogP contribution < -0.4 is 0 Å². The van der Waals surface area contributed by atoms with Crippen LogP contribution in [0.25, 0.3) is 0 Å². The molecule has 8 heteroatoms. The van der Waals surface area contributed by atoms with Crippen LogP contribution in [0, 0.1) is 0 Å². The van der Waals surface area contributed by atoms with Crippen LogP contribution in [-0.4, -0.2) is 41.7 Å². The molecule has 0 aliphatic rings. The van der Waals surface area contributed by atoms with Crippen LogP contribution in [0.1, 0.15) is 200 Å². The number of hydrogen-bond donors (Lipinski definition) is 2. The topological polar surface area (TPSA) is 102 Å². The van der Waals surface area contributed by atoms with Gasteiger partial charge in [-0.25, -0.2) is 4.57 Å². The highest BCUT2D eigenvalue weighted by molar-refractivity contribution is 7.46. The van der Waals surface area contributed by atoms with Crippen LogP contribution in [0.2, 0.25) is 0 Å². The molecule has 2 N–H and O–H groups in total. The summed E-state index contributed by atoms with van der Waals surface area (Å²) in [7, 11) is -4.64.